The molecule has 55 valence electrons. The molecule has 0 atom stereocenters. The standard InChI is InChI=1S/C7H15O2/c1-3-8-6-5-7-9-4-2/h5H,3-4,6-7H2,1-2H3. The smallest absolute Gasteiger partial charge is 0.0520 e. The second-order valence-corrected chi connectivity index (χ2v) is 1.61. The maximum Gasteiger partial charge on any atom is 0.0520 e. The van der Waals surface area contributed by atoms with Crippen LogP contribution in [0, 0.1) is 6.42 Å². The second kappa shape index (κ2) is 7.92. The Labute approximate surface area is 57.2 Å². The summed E-state index contributed by atoms with van der Waals surface area (Å²) in [7, 11) is 0. The molecule has 2 heteroatoms. The zero-order chi connectivity index (χ0) is 6.95. The van der Waals surface area contributed by atoms with Gasteiger partial charge in [-0.15, -0.1) is 0 Å². The van der Waals surface area contributed by atoms with E-state index in [9.17, 15) is 0 Å². The fourth-order valence-electron chi connectivity index (χ4n) is 0.450. The van der Waals surface area contributed by atoms with Crippen LogP contribution in [-0.2, 0) is 9.47 Å². The molecular formula is C7H15O2. The molecule has 0 bridgehead atoms. The molecule has 9 heavy (non-hydrogen) atoms. The molecule has 0 rings (SSSR count). The molecule has 0 aliphatic carbocycles. The Morgan fingerprint density at radius 3 is 1.78 bits per heavy atom. The average Bonchev–Trinajstić information content (AvgIpc) is 1.89. The molecule has 0 aliphatic heterocycles. The van der Waals surface area contributed by atoms with Crippen molar-refractivity contribution in [2.75, 3.05) is 26.4 Å². The van der Waals surface area contributed by atoms with Crippen molar-refractivity contribution in [3.05, 3.63) is 6.42 Å². The van der Waals surface area contributed by atoms with Crippen molar-refractivity contribution in [3.63, 3.8) is 0 Å². The summed E-state index contributed by atoms with van der Waals surface area (Å²) in [4.78, 5) is 0. The summed E-state index contributed by atoms with van der Waals surface area (Å²) in [6.45, 7) is 6.93. The molecule has 0 heterocycles. The minimum absolute atomic E-state index is 0.705. The van der Waals surface area contributed by atoms with Gasteiger partial charge in [0.25, 0.3) is 0 Å². The molecule has 0 aromatic rings. The first-order valence-electron chi connectivity index (χ1n) is 3.39. The van der Waals surface area contributed by atoms with Gasteiger partial charge in [0.1, 0.15) is 0 Å². The highest BCUT2D eigenvalue weighted by molar-refractivity contribution is 4.60. The highest BCUT2D eigenvalue weighted by Gasteiger charge is 1.85. The van der Waals surface area contributed by atoms with Crippen LogP contribution < -0.4 is 0 Å². The van der Waals surface area contributed by atoms with Crippen molar-refractivity contribution >= 4 is 0 Å². The first-order chi connectivity index (χ1) is 4.41. The Bertz CT molecular complexity index is 40.2. The number of ether oxygens (including phenoxy) is 2. The first kappa shape index (κ1) is 8.92. The summed E-state index contributed by atoms with van der Waals surface area (Å²) in [5, 5.41) is 0. The molecule has 0 unspecified atom stereocenters. The Balaban J connectivity index is 2.60. The number of rotatable bonds is 6. The summed E-state index contributed by atoms with van der Waals surface area (Å²) in [6.07, 6.45) is 1.98. The summed E-state index contributed by atoms with van der Waals surface area (Å²) >= 11 is 0. The first-order valence-corrected chi connectivity index (χ1v) is 3.39. The van der Waals surface area contributed by atoms with Gasteiger partial charge in [-0.2, -0.15) is 0 Å². The van der Waals surface area contributed by atoms with Crippen LogP contribution in [0.25, 0.3) is 0 Å². The summed E-state index contributed by atoms with van der Waals surface area (Å²) in [6, 6.07) is 0. The van der Waals surface area contributed by atoms with Gasteiger partial charge >= 0.3 is 0 Å². The maximum absolute atomic E-state index is 5.04. The van der Waals surface area contributed by atoms with E-state index in [1.165, 1.54) is 0 Å². The predicted octanol–water partition coefficient (Wildman–Crippen LogP) is 1.26. The minimum Gasteiger partial charge on any atom is -0.381 e. The third-order valence-corrected chi connectivity index (χ3v) is 0.880. The van der Waals surface area contributed by atoms with Crippen molar-refractivity contribution in [2.24, 2.45) is 0 Å². The van der Waals surface area contributed by atoms with Crippen molar-refractivity contribution in [1.29, 1.82) is 0 Å². The molecule has 0 aliphatic rings. The van der Waals surface area contributed by atoms with Crippen molar-refractivity contribution < 1.29 is 9.47 Å². The van der Waals surface area contributed by atoms with Gasteiger partial charge in [0.2, 0.25) is 0 Å². The van der Waals surface area contributed by atoms with Crippen LogP contribution in [0.15, 0.2) is 0 Å². The van der Waals surface area contributed by atoms with Gasteiger partial charge in [0, 0.05) is 19.6 Å². The van der Waals surface area contributed by atoms with E-state index in [1.807, 2.05) is 20.3 Å². The molecule has 0 aromatic carbocycles. The third kappa shape index (κ3) is 7.92. The highest BCUT2D eigenvalue weighted by Crippen LogP contribution is 1.81. The molecule has 0 fully saturated rings. The van der Waals surface area contributed by atoms with Crippen molar-refractivity contribution in [3.8, 4) is 0 Å². The normalized spacial score (nSPS) is 10.0. The van der Waals surface area contributed by atoms with Gasteiger partial charge in [0.05, 0.1) is 13.2 Å². The minimum atomic E-state index is 0.705. The lowest BCUT2D eigenvalue weighted by Crippen LogP contribution is -2.00. The number of hydrogen-bond donors (Lipinski definition) is 0. The zero-order valence-corrected chi connectivity index (χ0v) is 6.22. The van der Waals surface area contributed by atoms with Crippen LogP contribution in [0.4, 0.5) is 0 Å². The molecule has 0 aromatic heterocycles. The average molecular weight is 131 g/mol. The highest BCUT2D eigenvalue weighted by atomic mass is 16.5. The van der Waals surface area contributed by atoms with Crippen molar-refractivity contribution in [1.82, 2.24) is 0 Å². The molecule has 0 amide bonds. The van der Waals surface area contributed by atoms with E-state index in [0.717, 1.165) is 13.2 Å². The van der Waals surface area contributed by atoms with E-state index < -0.39 is 0 Å². The van der Waals surface area contributed by atoms with Gasteiger partial charge in [-0.3, -0.25) is 0 Å². The van der Waals surface area contributed by atoms with Crippen LogP contribution in [0.2, 0.25) is 0 Å². The lowest BCUT2D eigenvalue weighted by Gasteiger charge is -1.99. The van der Waals surface area contributed by atoms with Crippen molar-refractivity contribution in [2.45, 2.75) is 13.8 Å². The molecule has 0 saturated carbocycles. The Morgan fingerprint density at radius 1 is 1.00 bits per heavy atom. The van der Waals surface area contributed by atoms with E-state index in [-0.39, 0.29) is 0 Å². The fourth-order valence-corrected chi connectivity index (χ4v) is 0.450. The monoisotopic (exact) mass is 131 g/mol. The lowest BCUT2D eigenvalue weighted by molar-refractivity contribution is 0.128. The van der Waals surface area contributed by atoms with E-state index in [4.69, 9.17) is 9.47 Å². The van der Waals surface area contributed by atoms with Gasteiger partial charge in [-0.05, 0) is 13.8 Å². The third-order valence-electron chi connectivity index (χ3n) is 0.880. The van der Waals surface area contributed by atoms with E-state index in [2.05, 4.69) is 0 Å². The predicted molar refractivity (Wildman–Crippen MR) is 37.3 cm³/mol. The topological polar surface area (TPSA) is 18.5 Å². The lowest BCUT2D eigenvalue weighted by atomic mass is 10.5. The van der Waals surface area contributed by atoms with Crippen LogP contribution >= 0.6 is 0 Å². The molecule has 0 N–H and O–H groups in total. The van der Waals surface area contributed by atoms with Crippen LogP contribution in [0.1, 0.15) is 13.8 Å². The summed E-state index contributed by atoms with van der Waals surface area (Å²) in [5.41, 5.74) is 0. The number of hydrogen-bond acceptors (Lipinski definition) is 2. The van der Waals surface area contributed by atoms with Gasteiger partial charge in [0.15, 0.2) is 0 Å². The SMILES string of the molecule is CCOC[CH]COCC. The molecule has 1 radical (unpaired) electrons. The Hall–Kier alpha value is -0.0800. The Morgan fingerprint density at radius 2 is 1.44 bits per heavy atom. The Kier molecular flexibility index (Phi) is 7.85. The van der Waals surface area contributed by atoms with E-state index >= 15 is 0 Å². The largest absolute Gasteiger partial charge is 0.381 e. The van der Waals surface area contributed by atoms with E-state index in [1.54, 1.807) is 0 Å². The van der Waals surface area contributed by atoms with Crippen LogP contribution in [0.3, 0.4) is 0 Å². The van der Waals surface area contributed by atoms with Gasteiger partial charge < -0.3 is 9.47 Å². The summed E-state index contributed by atoms with van der Waals surface area (Å²) in [5.74, 6) is 0. The molecule has 0 spiro atoms. The van der Waals surface area contributed by atoms with Crippen LogP contribution in [0.5, 0.6) is 0 Å². The van der Waals surface area contributed by atoms with Crippen LogP contribution in [-0.4, -0.2) is 26.4 Å². The molecular weight excluding hydrogens is 116 g/mol. The fraction of sp³-hybridized carbons (Fsp3) is 0.857. The van der Waals surface area contributed by atoms with Gasteiger partial charge in [-0.1, -0.05) is 0 Å². The molecule has 0 saturated heterocycles. The van der Waals surface area contributed by atoms with E-state index in [0.29, 0.717) is 13.2 Å². The molecule has 2 nitrogen and oxygen atoms in total. The maximum atomic E-state index is 5.04. The quantitative estimate of drug-likeness (QED) is 0.505. The summed E-state index contributed by atoms with van der Waals surface area (Å²) < 4.78 is 10.1. The second-order valence-electron chi connectivity index (χ2n) is 1.61. The zero-order valence-electron chi connectivity index (χ0n) is 6.22. The van der Waals surface area contributed by atoms with Gasteiger partial charge in [-0.25, -0.2) is 0 Å².